The Morgan fingerprint density at radius 3 is 2.71 bits per heavy atom. The smallest absolute Gasteiger partial charge is 0.414 e. The van der Waals surface area contributed by atoms with Gasteiger partial charge in [-0.05, 0) is 5.56 Å². The summed E-state index contributed by atoms with van der Waals surface area (Å²) in [6.45, 7) is 0.663. The SMILES string of the molecule is O=c1[nH]c(NCc2ccccc2)co1. The molecular weight excluding hydrogens is 180 g/mol. The van der Waals surface area contributed by atoms with E-state index in [0.29, 0.717) is 12.4 Å². The molecule has 0 spiro atoms. The number of oxazole rings is 1. The van der Waals surface area contributed by atoms with E-state index in [-0.39, 0.29) is 0 Å². The molecule has 4 nitrogen and oxygen atoms in total. The molecule has 0 saturated carbocycles. The molecule has 1 aromatic carbocycles. The van der Waals surface area contributed by atoms with E-state index in [2.05, 4.69) is 14.7 Å². The second-order valence-electron chi connectivity index (χ2n) is 2.90. The van der Waals surface area contributed by atoms with Crippen molar-refractivity contribution in [3.63, 3.8) is 0 Å². The van der Waals surface area contributed by atoms with Crippen LogP contribution in [-0.4, -0.2) is 4.98 Å². The zero-order valence-electron chi connectivity index (χ0n) is 7.49. The number of hydrogen-bond acceptors (Lipinski definition) is 3. The Hall–Kier alpha value is -1.97. The molecule has 0 aliphatic rings. The standard InChI is InChI=1S/C10H10N2O2/c13-10-12-9(7-14-10)11-6-8-4-2-1-3-5-8/h1-5,7,11H,6H2,(H,12,13). The molecule has 2 N–H and O–H groups in total. The van der Waals surface area contributed by atoms with E-state index in [9.17, 15) is 4.79 Å². The fraction of sp³-hybridized carbons (Fsp3) is 0.100. The molecule has 0 fully saturated rings. The maximum Gasteiger partial charge on any atom is 0.417 e. The van der Waals surface area contributed by atoms with Crippen molar-refractivity contribution in [3.8, 4) is 0 Å². The van der Waals surface area contributed by atoms with Gasteiger partial charge in [-0.1, -0.05) is 30.3 Å². The number of benzene rings is 1. The van der Waals surface area contributed by atoms with Crippen molar-refractivity contribution in [2.45, 2.75) is 6.54 Å². The number of aromatic amines is 1. The maximum absolute atomic E-state index is 10.6. The van der Waals surface area contributed by atoms with Gasteiger partial charge in [0.15, 0.2) is 0 Å². The molecule has 0 aliphatic heterocycles. The summed E-state index contributed by atoms with van der Waals surface area (Å²) >= 11 is 0. The van der Waals surface area contributed by atoms with Gasteiger partial charge in [-0.25, -0.2) is 4.79 Å². The van der Waals surface area contributed by atoms with Crippen LogP contribution >= 0.6 is 0 Å². The highest BCUT2D eigenvalue weighted by molar-refractivity contribution is 5.31. The predicted octanol–water partition coefficient (Wildman–Crippen LogP) is 1.58. The molecule has 0 radical (unpaired) electrons. The van der Waals surface area contributed by atoms with Crippen LogP contribution in [0.2, 0.25) is 0 Å². The number of H-pyrrole nitrogens is 1. The molecule has 2 aromatic rings. The molecule has 1 aromatic heterocycles. The third-order valence-electron chi connectivity index (χ3n) is 1.85. The minimum atomic E-state index is -0.444. The number of nitrogens with one attached hydrogen (secondary N) is 2. The quantitative estimate of drug-likeness (QED) is 0.772. The number of aromatic nitrogens is 1. The third-order valence-corrected chi connectivity index (χ3v) is 1.85. The van der Waals surface area contributed by atoms with Crippen molar-refractivity contribution in [1.29, 1.82) is 0 Å². The Balaban J connectivity index is 1.98. The molecular formula is C10H10N2O2. The van der Waals surface area contributed by atoms with Gasteiger partial charge in [0.2, 0.25) is 0 Å². The van der Waals surface area contributed by atoms with Gasteiger partial charge in [-0.2, -0.15) is 0 Å². The number of rotatable bonds is 3. The lowest BCUT2D eigenvalue weighted by Crippen LogP contribution is -2.02. The largest absolute Gasteiger partial charge is 0.417 e. The van der Waals surface area contributed by atoms with Crippen LogP contribution in [0.4, 0.5) is 5.82 Å². The zero-order chi connectivity index (χ0) is 9.80. The summed E-state index contributed by atoms with van der Waals surface area (Å²) in [7, 11) is 0. The van der Waals surface area contributed by atoms with Crippen LogP contribution in [0.25, 0.3) is 0 Å². The van der Waals surface area contributed by atoms with Gasteiger partial charge < -0.3 is 9.73 Å². The van der Waals surface area contributed by atoms with Crippen LogP contribution < -0.4 is 11.1 Å². The Morgan fingerprint density at radius 1 is 1.29 bits per heavy atom. The molecule has 14 heavy (non-hydrogen) atoms. The minimum Gasteiger partial charge on any atom is -0.414 e. The first-order chi connectivity index (χ1) is 6.84. The topological polar surface area (TPSA) is 58.0 Å². The average Bonchev–Trinajstić information content (AvgIpc) is 2.63. The molecule has 2 rings (SSSR count). The fourth-order valence-electron chi connectivity index (χ4n) is 1.16. The summed E-state index contributed by atoms with van der Waals surface area (Å²) in [6, 6.07) is 9.91. The number of anilines is 1. The van der Waals surface area contributed by atoms with Crippen molar-refractivity contribution in [2.75, 3.05) is 5.32 Å². The summed E-state index contributed by atoms with van der Waals surface area (Å²) in [6.07, 6.45) is 1.37. The molecule has 0 amide bonds. The van der Waals surface area contributed by atoms with Gasteiger partial charge in [0.05, 0.1) is 0 Å². The van der Waals surface area contributed by atoms with E-state index in [1.807, 2.05) is 30.3 Å². The molecule has 4 heteroatoms. The second-order valence-corrected chi connectivity index (χ2v) is 2.90. The van der Waals surface area contributed by atoms with Crippen molar-refractivity contribution in [3.05, 3.63) is 52.7 Å². The van der Waals surface area contributed by atoms with Crippen molar-refractivity contribution in [1.82, 2.24) is 4.98 Å². The normalized spacial score (nSPS) is 10.0. The predicted molar refractivity (Wildman–Crippen MR) is 53.1 cm³/mol. The first kappa shape index (κ1) is 8.62. The summed E-state index contributed by atoms with van der Waals surface area (Å²) in [5.74, 6) is 0.152. The van der Waals surface area contributed by atoms with Gasteiger partial charge in [0, 0.05) is 6.54 Å². The summed E-state index contributed by atoms with van der Waals surface area (Å²) < 4.78 is 4.58. The molecule has 0 saturated heterocycles. The van der Waals surface area contributed by atoms with Crippen LogP contribution in [0.3, 0.4) is 0 Å². The third kappa shape index (κ3) is 2.04. The minimum absolute atomic E-state index is 0.444. The van der Waals surface area contributed by atoms with Crippen LogP contribution in [-0.2, 0) is 6.54 Å². The summed E-state index contributed by atoms with van der Waals surface area (Å²) in [5, 5.41) is 3.03. The fourth-order valence-corrected chi connectivity index (χ4v) is 1.16. The monoisotopic (exact) mass is 190 g/mol. The first-order valence-electron chi connectivity index (χ1n) is 4.30. The lowest BCUT2D eigenvalue weighted by molar-refractivity contribution is 0.515. The van der Waals surface area contributed by atoms with E-state index in [0.717, 1.165) is 5.56 Å². The van der Waals surface area contributed by atoms with E-state index >= 15 is 0 Å². The van der Waals surface area contributed by atoms with Crippen LogP contribution in [0.15, 0.2) is 45.8 Å². The van der Waals surface area contributed by atoms with Crippen LogP contribution in [0.1, 0.15) is 5.56 Å². The molecule has 0 aliphatic carbocycles. The summed E-state index contributed by atoms with van der Waals surface area (Å²) in [4.78, 5) is 13.2. The van der Waals surface area contributed by atoms with Crippen molar-refractivity contribution < 1.29 is 4.42 Å². The van der Waals surface area contributed by atoms with E-state index in [1.165, 1.54) is 6.26 Å². The van der Waals surface area contributed by atoms with Crippen molar-refractivity contribution in [2.24, 2.45) is 0 Å². The van der Waals surface area contributed by atoms with Gasteiger partial charge >= 0.3 is 5.76 Å². The highest BCUT2D eigenvalue weighted by Crippen LogP contribution is 2.03. The Bertz CT molecular complexity index is 444. The van der Waals surface area contributed by atoms with E-state index < -0.39 is 5.76 Å². The van der Waals surface area contributed by atoms with Gasteiger partial charge in [0.1, 0.15) is 12.1 Å². The maximum atomic E-state index is 10.6. The molecule has 72 valence electrons. The highest BCUT2D eigenvalue weighted by atomic mass is 16.4. The Morgan fingerprint density at radius 2 is 2.07 bits per heavy atom. The first-order valence-corrected chi connectivity index (χ1v) is 4.30. The summed E-state index contributed by atoms with van der Waals surface area (Å²) in [5.41, 5.74) is 1.15. The molecule has 1 heterocycles. The number of hydrogen-bond donors (Lipinski definition) is 2. The Kier molecular flexibility index (Phi) is 2.36. The van der Waals surface area contributed by atoms with Gasteiger partial charge in [-0.15, -0.1) is 0 Å². The van der Waals surface area contributed by atoms with Crippen LogP contribution in [0, 0.1) is 0 Å². The van der Waals surface area contributed by atoms with Gasteiger partial charge in [0.25, 0.3) is 0 Å². The second kappa shape index (κ2) is 3.83. The molecule has 0 unspecified atom stereocenters. The lowest BCUT2D eigenvalue weighted by atomic mass is 10.2. The van der Waals surface area contributed by atoms with Crippen molar-refractivity contribution >= 4 is 5.82 Å². The van der Waals surface area contributed by atoms with E-state index in [1.54, 1.807) is 0 Å². The van der Waals surface area contributed by atoms with E-state index in [4.69, 9.17) is 0 Å². The lowest BCUT2D eigenvalue weighted by Gasteiger charge is -2.01. The zero-order valence-corrected chi connectivity index (χ0v) is 7.49. The van der Waals surface area contributed by atoms with Gasteiger partial charge in [-0.3, -0.25) is 4.98 Å². The molecule has 0 bridgehead atoms. The molecule has 0 atom stereocenters. The average molecular weight is 190 g/mol. The highest BCUT2D eigenvalue weighted by Gasteiger charge is 1.96. The van der Waals surface area contributed by atoms with Crippen LogP contribution in [0.5, 0.6) is 0 Å². The Labute approximate surface area is 80.6 Å².